The number of halogens is 1. The molecule has 0 bridgehead atoms. The average molecular weight is 385 g/mol. The van der Waals surface area contributed by atoms with E-state index in [2.05, 4.69) is 21.2 Å². The molecule has 0 fully saturated rings. The molecule has 0 aromatic heterocycles. The van der Waals surface area contributed by atoms with Crippen LogP contribution in [0, 0.1) is 5.92 Å². The van der Waals surface area contributed by atoms with Crippen LogP contribution in [-0.4, -0.2) is 49.4 Å². The largest absolute Gasteiger partial charge is 0.469 e. The highest BCUT2D eigenvalue weighted by Crippen LogP contribution is 2.14. The zero-order chi connectivity index (χ0) is 17.4. The van der Waals surface area contributed by atoms with E-state index < -0.39 is 5.92 Å². The van der Waals surface area contributed by atoms with E-state index in [4.69, 9.17) is 4.74 Å². The second-order valence-corrected chi connectivity index (χ2v) is 6.08. The first-order valence-corrected chi connectivity index (χ1v) is 8.01. The summed E-state index contributed by atoms with van der Waals surface area (Å²) in [5.74, 6) is -1.20. The zero-order valence-electron chi connectivity index (χ0n) is 13.5. The van der Waals surface area contributed by atoms with Crippen molar-refractivity contribution in [2.45, 2.75) is 13.8 Å². The van der Waals surface area contributed by atoms with Gasteiger partial charge in [0.25, 0.3) is 5.91 Å². The fourth-order valence-corrected chi connectivity index (χ4v) is 2.45. The normalized spacial score (nSPS) is 11.5. The summed E-state index contributed by atoms with van der Waals surface area (Å²) >= 11 is 3.33. The molecule has 7 heteroatoms. The molecule has 1 atom stereocenters. The molecule has 126 valence electrons. The molecule has 1 unspecified atom stereocenters. The number of benzene rings is 1. The Morgan fingerprint density at radius 2 is 2.04 bits per heavy atom. The Balaban J connectivity index is 2.86. The molecular formula is C16H21BrN2O4. The molecule has 0 spiro atoms. The van der Waals surface area contributed by atoms with Gasteiger partial charge in [0.2, 0.25) is 5.91 Å². The van der Waals surface area contributed by atoms with Crippen LogP contribution in [0.1, 0.15) is 24.2 Å². The molecule has 0 aliphatic carbocycles. The molecule has 23 heavy (non-hydrogen) atoms. The van der Waals surface area contributed by atoms with E-state index in [1.54, 1.807) is 30.0 Å². The van der Waals surface area contributed by atoms with E-state index in [0.29, 0.717) is 18.7 Å². The maximum absolute atomic E-state index is 12.7. The molecule has 1 rings (SSSR count). The van der Waals surface area contributed by atoms with Crippen LogP contribution in [0.4, 0.5) is 0 Å². The van der Waals surface area contributed by atoms with Crippen LogP contribution < -0.4 is 5.32 Å². The van der Waals surface area contributed by atoms with Gasteiger partial charge in [0.1, 0.15) is 0 Å². The van der Waals surface area contributed by atoms with Crippen molar-refractivity contribution in [2.75, 3.05) is 26.7 Å². The van der Waals surface area contributed by atoms with Gasteiger partial charge in [-0.2, -0.15) is 0 Å². The number of amides is 2. The Hall–Kier alpha value is -1.89. The van der Waals surface area contributed by atoms with Crippen molar-refractivity contribution in [3.8, 4) is 0 Å². The molecule has 0 heterocycles. The van der Waals surface area contributed by atoms with Crippen LogP contribution >= 0.6 is 15.9 Å². The number of rotatable bonds is 7. The zero-order valence-corrected chi connectivity index (χ0v) is 15.1. The van der Waals surface area contributed by atoms with E-state index in [0.717, 1.165) is 4.47 Å². The molecule has 1 aromatic rings. The molecule has 6 nitrogen and oxygen atoms in total. The molecule has 0 saturated heterocycles. The fourth-order valence-electron chi connectivity index (χ4n) is 2.05. The topological polar surface area (TPSA) is 75.7 Å². The monoisotopic (exact) mass is 384 g/mol. The number of esters is 1. The minimum absolute atomic E-state index is 0.166. The lowest BCUT2D eigenvalue weighted by Crippen LogP contribution is -2.41. The Bertz CT molecular complexity index is 577. The van der Waals surface area contributed by atoms with Crippen molar-refractivity contribution < 1.29 is 19.1 Å². The summed E-state index contributed by atoms with van der Waals surface area (Å²) in [6.07, 6.45) is 0. The van der Waals surface area contributed by atoms with Crippen LogP contribution in [0.3, 0.4) is 0 Å². The number of ether oxygens (including phenoxy) is 1. The van der Waals surface area contributed by atoms with Crippen molar-refractivity contribution in [1.29, 1.82) is 0 Å². The summed E-state index contributed by atoms with van der Waals surface area (Å²) in [4.78, 5) is 36.8. The van der Waals surface area contributed by atoms with Gasteiger partial charge in [-0.1, -0.05) is 28.9 Å². The van der Waals surface area contributed by atoms with Gasteiger partial charge in [-0.25, -0.2) is 0 Å². The first kappa shape index (κ1) is 19.2. The number of carbonyl (C=O) groups is 3. The number of hydrogen-bond acceptors (Lipinski definition) is 4. The minimum atomic E-state index is -0.451. The number of hydrogen-bond donors (Lipinski definition) is 1. The second kappa shape index (κ2) is 9.29. The summed E-state index contributed by atoms with van der Waals surface area (Å²) in [6, 6.07) is 7.03. The highest BCUT2D eigenvalue weighted by atomic mass is 79.9. The van der Waals surface area contributed by atoms with Crippen LogP contribution in [0.25, 0.3) is 0 Å². The lowest BCUT2D eigenvalue weighted by atomic mass is 10.1. The number of methoxy groups -OCH3 is 1. The van der Waals surface area contributed by atoms with Gasteiger partial charge < -0.3 is 15.0 Å². The van der Waals surface area contributed by atoms with Crippen LogP contribution in [0.5, 0.6) is 0 Å². The van der Waals surface area contributed by atoms with Crippen LogP contribution in [-0.2, 0) is 14.3 Å². The Morgan fingerprint density at radius 1 is 1.35 bits per heavy atom. The first-order chi connectivity index (χ1) is 10.8. The van der Waals surface area contributed by atoms with Crippen molar-refractivity contribution in [3.63, 3.8) is 0 Å². The molecule has 0 aliphatic rings. The maximum Gasteiger partial charge on any atom is 0.310 e. The summed E-state index contributed by atoms with van der Waals surface area (Å²) < 4.78 is 5.50. The number of nitrogens with one attached hydrogen (secondary N) is 1. The Labute approximate surface area is 144 Å². The summed E-state index contributed by atoms with van der Waals surface area (Å²) in [5.41, 5.74) is 0.513. The van der Waals surface area contributed by atoms with E-state index in [1.165, 1.54) is 14.0 Å². The van der Waals surface area contributed by atoms with E-state index in [-0.39, 0.29) is 24.3 Å². The van der Waals surface area contributed by atoms with Crippen LogP contribution in [0.15, 0.2) is 28.7 Å². The van der Waals surface area contributed by atoms with E-state index >= 15 is 0 Å². The van der Waals surface area contributed by atoms with E-state index in [9.17, 15) is 14.4 Å². The molecule has 1 N–H and O–H groups in total. The van der Waals surface area contributed by atoms with Crippen molar-refractivity contribution >= 4 is 33.7 Å². The van der Waals surface area contributed by atoms with Gasteiger partial charge in [-0.15, -0.1) is 0 Å². The van der Waals surface area contributed by atoms with E-state index in [1.807, 2.05) is 6.07 Å². The smallest absolute Gasteiger partial charge is 0.310 e. The lowest BCUT2D eigenvalue weighted by Gasteiger charge is -2.25. The molecule has 0 radical (unpaired) electrons. The molecule has 1 aromatic carbocycles. The minimum Gasteiger partial charge on any atom is -0.469 e. The third-order valence-corrected chi connectivity index (χ3v) is 3.71. The molecular weight excluding hydrogens is 364 g/mol. The van der Waals surface area contributed by atoms with Gasteiger partial charge in [0, 0.05) is 36.6 Å². The average Bonchev–Trinajstić information content (AvgIpc) is 2.51. The number of carbonyl (C=O) groups excluding carboxylic acids is 3. The molecule has 0 aliphatic heterocycles. The Kier molecular flexibility index (Phi) is 7.74. The third-order valence-electron chi connectivity index (χ3n) is 3.21. The summed E-state index contributed by atoms with van der Waals surface area (Å²) in [6.45, 7) is 3.97. The van der Waals surface area contributed by atoms with Gasteiger partial charge in [0.05, 0.1) is 13.0 Å². The lowest BCUT2D eigenvalue weighted by molar-refractivity contribution is -0.145. The quantitative estimate of drug-likeness (QED) is 0.727. The fraction of sp³-hybridized carbons (Fsp3) is 0.438. The standard InChI is InChI=1S/C16H21BrN2O4/c1-11(16(22)23-3)10-19(8-7-18-12(2)20)15(21)13-5-4-6-14(17)9-13/h4-6,9,11H,7-8,10H2,1-3H3,(H,18,20). The predicted molar refractivity (Wildman–Crippen MR) is 89.9 cm³/mol. The van der Waals surface area contributed by atoms with Gasteiger partial charge in [0.15, 0.2) is 0 Å². The van der Waals surface area contributed by atoms with Crippen molar-refractivity contribution in [3.05, 3.63) is 34.3 Å². The second-order valence-electron chi connectivity index (χ2n) is 5.17. The molecule has 2 amide bonds. The van der Waals surface area contributed by atoms with Crippen molar-refractivity contribution in [1.82, 2.24) is 10.2 Å². The highest BCUT2D eigenvalue weighted by Gasteiger charge is 2.22. The highest BCUT2D eigenvalue weighted by molar-refractivity contribution is 9.10. The number of nitrogens with zero attached hydrogens (tertiary/aromatic N) is 1. The summed E-state index contributed by atoms with van der Waals surface area (Å²) in [7, 11) is 1.32. The van der Waals surface area contributed by atoms with Crippen molar-refractivity contribution in [2.24, 2.45) is 5.92 Å². The maximum atomic E-state index is 12.7. The first-order valence-electron chi connectivity index (χ1n) is 7.22. The van der Waals surface area contributed by atoms with Gasteiger partial charge >= 0.3 is 5.97 Å². The SMILES string of the molecule is COC(=O)C(C)CN(CCNC(C)=O)C(=O)c1cccc(Br)c1. The van der Waals surface area contributed by atoms with Gasteiger partial charge in [-0.3, -0.25) is 14.4 Å². The third kappa shape index (κ3) is 6.40. The molecule has 0 saturated carbocycles. The predicted octanol–water partition coefficient (Wildman–Crippen LogP) is 1.84. The Morgan fingerprint density at radius 3 is 2.61 bits per heavy atom. The summed E-state index contributed by atoms with van der Waals surface area (Å²) in [5, 5.41) is 2.65. The van der Waals surface area contributed by atoms with Gasteiger partial charge in [-0.05, 0) is 18.2 Å². The van der Waals surface area contributed by atoms with Crippen LogP contribution in [0.2, 0.25) is 0 Å².